The van der Waals surface area contributed by atoms with Crippen LogP contribution in [0.5, 0.6) is 0 Å². The number of rotatable bonds is 2. The van der Waals surface area contributed by atoms with Crippen LogP contribution in [0.25, 0.3) is 20.4 Å². The zero-order valence-corrected chi connectivity index (χ0v) is 16.6. The highest BCUT2D eigenvalue weighted by molar-refractivity contribution is 9.10. The van der Waals surface area contributed by atoms with Gasteiger partial charge in [0.2, 0.25) is 0 Å². The Balaban J connectivity index is 1.35. The number of aromatic nitrogens is 2. The Kier molecular flexibility index (Phi) is 3.87. The van der Waals surface area contributed by atoms with Gasteiger partial charge in [-0.15, -0.1) is 0 Å². The number of hydrogen-bond acceptors (Lipinski definition) is 6. The van der Waals surface area contributed by atoms with Gasteiger partial charge in [-0.25, -0.2) is 9.97 Å². The molecule has 0 atom stereocenters. The zero-order valence-electron chi connectivity index (χ0n) is 13.4. The van der Waals surface area contributed by atoms with Gasteiger partial charge in [0.15, 0.2) is 10.3 Å². The third kappa shape index (κ3) is 2.80. The fourth-order valence-corrected chi connectivity index (χ4v) is 5.77. The topological polar surface area (TPSA) is 32.3 Å². The highest BCUT2D eigenvalue weighted by Gasteiger charge is 2.22. The summed E-state index contributed by atoms with van der Waals surface area (Å²) in [6.07, 6.45) is 0. The number of para-hydroxylation sites is 2. The molecule has 7 heteroatoms. The number of halogens is 1. The van der Waals surface area contributed by atoms with Gasteiger partial charge in [0.05, 0.1) is 20.4 Å². The maximum absolute atomic E-state index is 4.83. The standard InChI is InChI=1S/C18H15BrN4S2/c19-12-4-3-7-15-16(12)21-18(25-15)23-10-8-22(9-11-23)17-20-13-5-1-2-6-14(13)24-17/h1-7H,8-11H2. The average molecular weight is 431 g/mol. The van der Waals surface area contributed by atoms with Crippen LogP contribution < -0.4 is 9.80 Å². The van der Waals surface area contributed by atoms with E-state index < -0.39 is 0 Å². The van der Waals surface area contributed by atoms with Crippen molar-refractivity contribution < 1.29 is 0 Å². The van der Waals surface area contributed by atoms with Gasteiger partial charge in [0.25, 0.3) is 0 Å². The number of anilines is 2. The minimum atomic E-state index is 0.980. The van der Waals surface area contributed by atoms with Crippen LogP contribution in [0, 0.1) is 0 Å². The minimum Gasteiger partial charge on any atom is -0.345 e. The van der Waals surface area contributed by atoms with Crippen LogP contribution in [0.4, 0.5) is 10.3 Å². The van der Waals surface area contributed by atoms with Crippen molar-refractivity contribution in [1.29, 1.82) is 0 Å². The number of piperazine rings is 1. The van der Waals surface area contributed by atoms with Gasteiger partial charge in [-0.3, -0.25) is 0 Å². The molecule has 126 valence electrons. The molecular formula is C18H15BrN4S2. The Morgan fingerprint density at radius 2 is 1.40 bits per heavy atom. The molecule has 5 rings (SSSR count). The van der Waals surface area contributed by atoms with E-state index in [0.29, 0.717) is 0 Å². The summed E-state index contributed by atoms with van der Waals surface area (Å²) in [4.78, 5) is 14.4. The number of fused-ring (bicyclic) bond motifs is 2. The Hall–Kier alpha value is -1.70. The Labute approximate surface area is 161 Å². The maximum Gasteiger partial charge on any atom is 0.186 e. The van der Waals surface area contributed by atoms with Crippen LogP contribution >= 0.6 is 38.6 Å². The molecule has 0 radical (unpaired) electrons. The minimum absolute atomic E-state index is 0.980. The molecular weight excluding hydrogens is 416 g/mol. The number of nitrogens with zero attached hydrogens (tertiary/aromatic N) is 4. The lowest BCUT2D eigenvalue weighted by Crippen LogP contribution is -2.46. The average Bonchev–Trinajstić information content (AvgIpc) is 3.27. The number of benzene rings is 2. The molecule has 0 spiro atoms. The smallest absolute Gasteiger partial charge is 0.186 e. The molecule has 0 amide bonds. The lowest BCUT2D eigenvalue weighted by Gasteiger charge is -2.34. The van der Waals surface area contributed by atoms with E-state index in [2.05, 4.69) is 68.2 Å². The van der Waals surface area contributed by atoms with Crippen molar-refractivity contribution in [3.63, 3.8) is 0 Å². The van der Waals surface area contributed by atoms with Gasteiger partial charge < -0.3 is 9.80 Å². The van der Waals surface area contributed by atoms with Gasteiger partial charge in [0.1, 0.15) is 0 Å². The van der Waals surface area contributed by atoms with Crippen molar-refractivity contribution in [2.24, 2.45) is 0 Å². The first-order chi connectivity index (χ1) is 12.3. The van der Waals surface area contributed by atoms with Gasteiger partial charge in [-0.05, 0) is 40.2 Å². The summed E-state index contributed by atoms with van der Waals surface area (Å²) in [7, 11) is 0. The van der Waals surface area contributed by atoms with Crippen molar-refractivity contribution >= 4 is 69.3 Å². The predicted molar refractivity (Wildman–Crippen MR) is 111 cm³/mol. The lowest BCUT2D eigenvalue weighted by atomic mass is 10.3. The van der Waals surface area contributed by atoms with Crippen LogP contribution in [0.1, 0.15) is 0 Å². The van der Waals surface area contributed by atoms with E-state index in [1.807, 2.05) is 0 Å². The normalized spacial score (nSPS) is 15.4. The summed E-state index contributed by atoms with van der Waals surface area (Å²) in [6.45, 7) is 3.93. The lowest BCUT2D eigenvalue weighted by molar-refractivity contribution is 0.651. The largest absolute Gasteiger partial charge is 0.345 e. The van der Waals surface area contributed by atoms with E-state index in [4.69, 9.17) is 9.97 Å². The second-order valence-electron chi connectivity index (χ2n) is 6.02. The van der Waals surface area contributed by atoms with E-state index in [-0.39, 0.29) is 0 Å². The molecule has 0 saturated carbocycles. The molecule has 25 heavy (non-hydrogen) atoms. The summed E-state index contributed by atoms with van der Waals surface area (Å²) >= 11 is 7.16. The van der Waals surface area contributed by atoms with Crippen LogP contribution in [-0.4, -0.2) is 36.1 Å². The number of hydrogen-bond donors (Lipinski definition) is 0. The fraction of sp³-hybridized carbons (Fsp3) is 0.222. The van der Waals surface area contributed by atoms with Gasteiger partial charge >= 0.3 is 0 Å². The molecule has 0 N–H and O–H groups in total. The monoisotopic (exact) mass is 430 g/mol. The highest BCUT2D eigenvalue weighted by atomic mass is 79.9. The fourth-order valence-electron chi connectivity index (χ4n) is 3.12. The zero-order chi connectivity index (χ0) is 16.8. The van der Waals surface area contributed by atoms with Crippen LogP contribution in [0.15, 0.2) is 46.9 Å². The van der Waals surface area contributed by atoms with Gasteiger partial charge in [-0.2, -0.15) is 0 Å². The molecule has 2 aromatic heterocycles. The van der Waals surface area contributed by atoms with Crippen LogP contribution in [0.2, 0.25) is 0 Å². The van der Waals surface area contributed by atoms with Crippen molar-refractivity contribution in [1.82, 2.24) is 9.97 Å². The molecule has 1 aliphatic heterocycles. The van der Waals surface area contributed by atoms with Gasteiger partial charge in [-0.1, -0.05) is 40.9 Å². The molecule has 1 aliphatic rings. The molecule has 0 aliphatic carbocycles. The second-order valence-corrected chi connectivity index (χ2v) is 8.89. The summed E-state index contributed by atoms with van der Waals surface area (Å²) in [5.41, 5.74) is 2.16. The molecule has 1 fully saturated rings. The summed E-state index contributed by atoms with van der Waals surface area (Å²) < 4.78 is 3.56. The summed E-state index contributed by atoms with van der Waals surface area (Å²) in [5, 5.41) is 2.25. The van der Waals surface area contributed by atoms with E-state index in [1.165, 1.54) is 9.40 Å². The van der Waals surface area contributed by atoms with E-state index in [9.17, 15) is 0 Å². The Morgan fingerprint density at radius 1 is 0.760 bits per heavy atom. The van der Waals surface area contributed by atoms with Crippen LogP contribution in [-0.2, 0) is 0 Å². The molecule has 2 aromatic carbocycles. The van der Waals surface area contributed by atoms with Gasteiger partial charge in [0, 0.05) is 30.7 Å². The maximum atomic E-state index is 4.83. The summed E-state index contributed by atoms with van der Waals surface area (Å²) in [5.74, 6) is 0. The predicted octanol–water partition coefficient (Wildman–Crippen LogP) is 5.00. The third-order valence-electron chi connectivity index (χ3n) is 4.46. The molecule has 4 nitrogen and oxygen atoms in total. The Morgan fingerprint density at radius 3 is 2.12 bits per heavy atom. The highest BCUT2D eigenvalue weighted by Crippen LogP contribution is 2.34. The molecule has 3 heterocycles. The van der Waals surface area contributed by atoms with E-state index in [0.717, 1.165) is 51.9 Å². The summed E-state index contributed by atoms with van der Waals surface area (Å²) in [6, 6.07) is 14.6. The molecule has 1 saturated heterocycles. The first-order valence-corrected chi connectivity index (χ1v) is 10.6. The van der Waals surface area contributed by atoms with Crippen molar-refractivity contribution in [2.75, 3.05) is 36.0 Å². The SMILES string of the molecule is Brc1cccc2sc(N3CCN(c4nc5ccccc5s4)CC3)nc12. The number of thiazole rings is 2. The second kappa shape index (κ2) is 6.23. The first kappa shape index (κ1) is 15.5. The molecule has 0 unspecified atom stereocenters. The quantitative estimate of drug-likeness (QED) is 0.448. The first-order valence-electron chi connectivity index (χ1n) is 8.18. The van der Waals surface area contributed by atoms with Crippen molar-refractivity contribution in [2.45, 2.75) is 0 Å². The van der Waals surface area contributed by atoms with Crippen LogP contribution in [0.3, 0.4) is 0 Å². The molecule has 4 aromatic rings. The van der Waals surface area contributed by atoms with E-state index >= 15 is 0 Å². The molecule has 0 bridgehead atoms. The van der Waals surface area contributed by atoms with E-state index in [1.54, 1.807) is 22.7 Å². The third-order valence-corrected chi connectivity index (χ3v) is 7.28. The Bertz CT molecular complexity index is 1020. The van der Waals surface area contributed by atoms with Crippen molar-refractivity contribution in [3.05, 3.63) is 46.9 Å². The van der Waals surface area contributed by atoms with Crippen molar-refractivity contribution in [3.8, 4) is 0 Å².